The lowest BCUT2D eigenvalue weighted by Crippen LogP contribution is -2.45. The van der Waals surface area contributed by atoms with Crippen LogP contribution in [0.2, 0.25) is 5.02 Å². The van der Waals surface area contributed by atoms with Crippen molar-refractivity contribution < 1.29 is 13.2 Å². The molecule has 0 aromatic heterocycles. The maximum absolute atomic E-state index is 12.5. The van der Waals surface area contributed by atoms with Gasteiger partial charge in [0.05, 0.1) is 0 Å². The molecule has 1 saturated heterocycles. The van der Waals surface area contributed by atoms with Crippen LogP contribution in [0.5, 0.6) is 0 Å². The average Bonchev–Trinajstić information content (AvgIpc) is 2.41. The van der Waals surface area contributed by atoms with Crippen molar-refractivity contribution in [3.63, 3.8) is 0 Å². The van der Waals surface area contributed by atoms with Gasteiger partial charge in [0, 0.05) is 43.7 Å². The first-order valence-corrected chi connectivity index (χ1v) is 7.11. The molecule has 0 spiro atoms. The zero-order valence-corrected chi connectivity index (χ0v) is 14.3. The molecule has 0 bridgehead atoms. The molecular formula is C14H20Cl3F3N2. The van der Waals surface area contributed by atoms with Crippen LogP contribution < -0.4 is 5.32 Å². The van der Waals surface area contributed by atoms with E-state index < -0.39 is 12.6 Å². The maximum atomic E-state index is 12.5. The highest BCUT2D eigenvalue weighted by Gasteiger charge is 2.31. The van der Waals surface area contributed by atoms with Crippen molar-refractivity contribution in [1.82, 2.24) is 10.2 Å². The van der Waals surface area contributed by atoms with Crippen molar-refractivity contribution in [2.24, 2.45) is 0 Å². The van der Waals surface area contributed by atoms with Crippen LogP contribution in [-0.2, 0) is 0 Å². The monoisotopic (exact) mass is 378 g/mol. The largest absolute Gasteiger partial charge is 0.389 e. The molecule has 0 aliphatic carbocycles. The second-order valence-corrected chi connectivity index (χ2v) is 5.38. The minimum Gasteiger partial charge on any atom is -0.314 e. The van der Waals surface area contributed by atoms with Gasteiger partial charge >= 0.3 is 6.18 Å². The second kappa shape index (κ2) is 9.83. The number of hydrogen-bond donors (Lipinski definition) is 1. The summed E-state index contributed by atoms with van der Waals surface area (Å²) in [7, 11) is 0. The summed E-state index contributed by atoms with van der Waals surface area (Å²) in [5, 5.41) is 3.75. The van der Waals surface area contributed by atoms with Crippen LogP contribution in [0.3, 0.4) is 0 Å². The summed E-state index contributed by atoms with van der Waals surface area (Å²) in [5.41, 5.74) is 0.792. The lowest BCUT2D eigenvalue weighted by Gasteiger charge is -2.35. The first-order valence-electron chi connectivity index (χ1n) is 6.73. The molecule has 2 nitrogen and oxygen atoms in total. The molecule has 8 heteroatoms. The highest BCUT2D eigenvalue weighted by molar-refractivity contribution is 6.31. The van der Waals surface area contributed by atoms with Gasteiger partial charge < -0.3 is 5.32 Å². The smallest absolute Gasteiger partial charge is 0.314 e. The number of piperazine rings is 1. The summed E-state index contributed by atoms with van der Waals surface area (Å²) in [5.74, 6) is 0. The molecule has 1 aromatic rings. The Hall–Kier alpha value is -0.200. The average molecular weight is 380 g/mol. The number of halogens is 6. The van der Waals surface area contributed by atoms with Crippen molar-refractivity contribution in [2.75, 3.05) is 26.2 Å². The molecule has 1 atom stereocenters. The molecule has 0 unspecified atom stereocenters. The lowest BCUT2D eigenvalue weighted by molar-refractivity contribution is -0.138. The molecule has 1 heterocycles. The van der Waals surface area contributed by atoms with Crippen molar-refractivity contribution in [3.8, 4) is 0 Å². The van der Waals surface area contributed by atoms with Crippen LogP contribution in [0.1, 0.15) is 24.4 Å². The van der Waals surface area contributed by atoms with E-state index in [4.69, 9.17) is 11.6 Å². The minimum absolute atomic E-state index is 0. The number of rotatable bonds is 4. The third-order valence-electron chi connectivity index (χ3n) is 3.56. The van der Waals surface area contributed by atoms with Gasteiger partial charge in [-0.25, -0.2) is 0 Å². The first kappa shape index (κ1) is 21.8. The summed E-state index contributed by atoms with van der Waals surface area (Å²) in [6, 6.07) is 6.91. The number of nitrogens with one attached hydrogen (secondary N) is 1. The quantitative estimate of drug-likeness (QED) is 0.830. The minimum atomic E-state index is -4.13. The van der Waals surface area contributed by atoms with Crippen molar-refractivity contribution in [1.29, 1.82) is 0 Å². The van der Waals surface area contributed by atoms with E-state index >= 15 is 0 Å². The molecule has 1 aliphatic rings. The third-order valence-corrected chi connectivity index (χ3v) is 3.90. The Labute approximate surface area is 146 Å². The Kier molecular flexibility index (Phi) is 9.74. The number of nitrogens with zero attached hydrogens (tertiary/aromatic N) is 1. The standard InChI is InChI=1S/C14H18ClF3N2.2ClH/c15-12-4-2-1-3-11(12)13(5-6-14(16,17)18)20-9-7-19-8-10-20;;/h1-4,13,19H,5-10H2;2*1H/t13-;;/m1../s1. The Morgan fingerprint density at radius 2 is 1.73 bits per heavy atom. The predicted molar refractivity (Wildman–Crippen MR) is 88.4 cm³/mol. The van der Waals surface area contributed by atoms with Gasteiger partial charge in [-0.15, -0.1) is 24.8 Å². The highest BCUT2D eigenvalue weighted by Crippen LogP contribution is 2.34. The van der Waals surface area contributed by atoms with Crippen molar-refractivity contribution in [3.05, 3.63) is 34.9 Å². The first-order chi connectivity index (χ1) is 9.47. The lowest BCUT2D eigenvalue weighted by atomic mass is 9.99. The van der Waals surface area contributed by atoms with E-state index in [1.54, 1.807) is 12.1 Å². The SMILES string of the molecule is Cl.Cl.FC(F)(F)CC[C@H](c1ccccc1Cl)N1CCNCC1. The van der Waals surface area contributed by atoms with Crippen LogP contribution in [0.25, 0.3) is 0 Å². The topological polar surface area (TPSA) is 15.3 Å². The van der Waals surface area contributed by atoms with Crippen LogP contribution in [0.15, 0.2) is 24.3 Å². The van der Waals surface area contributed by atoms with E-state index in [0.717, 1.165) is 31.7 Å². The fourth-order valence-corrected chi connectivity index (χ4v) is 2.84. The van der Waals surface area contributed by atoms with Gasteiger partial charge in [0.1, 0.15) is 0 Å². The van der Waals surface area contributed by atoms with Crippen LogP contribution >= 0.6 is 36.4 Å². The maximum Gasteiger partial charge on any atom is 0.389 e. The van der Waals surface area contributed by atoms with Gasteiger partial charge in [-0.3, -0.25) is 4.90 Å². The Balaban J connectivity index is 0.00000220. The Morgan fingerprint density at radius 1 is 1.14 bits per heavy atom. The number of hydrogen-bond acceptors (Lipinski definition) is 2. The molecule has 1 aromatic carbocycles. The summed E-state index contributed by atoms with van der Waals surface area (Å²) in [4.78, 5) is 2.09. The second-order valence-electron chi connectivity index (χ2n) is 4.98. The van der Waals surface area contributed by atoms with E-state index in [-0.39, 0.29) is 37.3 Å². The highest BCUT2D eigenvalue weighted by atomic mass is 35.5. The van der Waals surface area contributed by atoms with Crippen molar-refractivity contribution in [2.45, 2.75) is 25.1 Å². The van der Waals surface area contributed by atoms with Gasteiger partial charge in [-0.1, -0.05) is 29.8 Å². The zero-order valence-electron chi connectivity index (χ0n) is 11.9. The summed E-state index contributed by atoms with van der Waals surface area (Å²) < 4.78 is 37.6. The summed E-state index contributed by atoms with van der Waals surface area (Å²) >= 11 is 6.16. The van der Waals surface area contributed by atoms with Crippen LogP contribution in [-0.4, -0.2) is 37.3 Å². The van der Waals surface area contributed by atoms with E-state index in [1.807, 2.05) is 12.1 Å². The van der Waals surface area contributed by atoms with Crippen molar-refractivity contribution >= 4 is 36.4 Å². The summed E-state index contributed by atoms with van der Waals surface area (Å²) in [6.45, 7) is 3.08. The van der Waals surface area contributed by atoms with Gasteiger partial charge in [-0.2, -0.15) is 13.2 Å². The number of benzene rings is 1. The molecule has 22 heavy (non-hydrogen) atoms. The third kappa shape index (κ3) is 6.50. The van der Waals surface area contributed by atoms with E-state index in [2.05, 4.69) is 10.2 Å². The van der Waals surface area contributed by atoms with E-state index in [1.165, 1.54) is 0 Å². The number of alkyl halides is 3. The van der Waals surface area contributed by atoms with Gasteiger partial charge in [0.15, 0.2) is 0 Å². The zero-order chi connectivity index (χ0) is 14.6. The van der Waals surface area contributed by atoms with Gasteiger partial charge in [0.25, 0.3) is 0 Å². The van der Waals surface area contributed by atoms with Crippen LogP contribution in [0.4, 0.5) is 13.2 Å². The van der Waals surface area contributed by atoms with Gasteiger partial charge in [-0.05, 0) is 18.1 Å². The van der Waals surface area contributed by atoms with Crippen LogP contribution in [0, 0.1) is 0 Å². The molecule has 1 aliphatic heterocycles. The molecular weight excluding hydrogens is 360 g/mol. The predicted octanol–water partition coefficient (Wildman–Crippen LogP) is 4.47. The molecule has 2 rings (SSSR count). The van der Waals surface area contributed by atoms with E-state index in [0.29, 0.717) is 5.02 Å². The molecule has 0 amide bonds. The Bertz CT molecular complexity index is 438. The van der Waals surface area contributed by atoms with Gasteiger partial charge in [0.2, 0.25) is 0 Å². The Morgan fingerprint density at radius 3 is 2.27 bits per heavy atom. The fourth-order valence-electron chi connectivity index (χ4n) is 2.57. The molecule has 0 saturated carbocycles. The normalized spacial score (nSPS) is 17.3. The molecule has 1 N–H and O–H groups in total. The molecule has 0 radical (unpaired) electrons. The summed E-state index contributed by atoms with van der Waals surface area (Å²) in [6.07, 6.45) is -4.87. The van der Waals surface area contributed by atoms with E-state index in [9.17, 15) is 13.2 Å². The molecule has 1 fully saturated rings. The fraction of sp³-hybridized carbons (Fsp3) is 0.571. The molecule has 128 valence electrons.